The fourth-order valence-electron chi connectivity index (χ4n) is 4.44. The molecule has 0 spiro atoms. The first kappa shape index (κ1) is 35.5. The zero-order valence-corrected chi connectivity index (χ0v) is 24.2. The van der Waals surface area contributed by atoms with Crippen LogP contribution in [0, 0.1) is 12.3 Å². The molecule has 2 heterocycles. The Kier molecular flexibility index (Phi) is 13.8. The van der Waals surface area contributed by atoms with Crippen LogP contribution in [0.5, 0.6) is 0 Å². The number of carbonyl (C=O) groups is 3. The Bertz CT molecular complexity index is 1290. The zero-order valence-electron chi connectivity index (χ0n) is 24.2. The van der Waals surface area contributed by atoms with Crippen molar-refractivity contribution in [1.29, 1.82) is 0 Å². The maximum atomic E-state index is 12.5. The molecule has 246 valence electrons. The molecular formula is C28H37N5O12. The molecule has 1 aromatic carbocycles. The highest BCUT2D eigenvalue weighted by Crippen LogP contribution is 2.33. The largest absolute Gasteiger partial charge is 0.477 e. The molecule has 3 rings (SSSR count). The number of rotatable bonds is 18. The topological polar surface area (TPSA) is 244 Å². The number of aliphatic hydroxyl groups is 4. The normalized spacial score (nSPS) is 22.6. The fourth-order valence-corrected chi connectivity index (χ4v) is 4.44. The van der Waals surface area contributed by atoms with Crippen LogP contribution < -0.4 is 10.6 Å². The second-order valence-corrected chi connectivity index (χ2v) is 9.91. The molecule has 0 aliphatic carbocycles. The first-order valence-electron chi connectivity index (χ1n) is 13.9. The van der Waals surface area contributed by atoms with Gasteiger partial charge >= 0.3 is 5.97 Å². The van der Waals surface area contributed by atoms with Gasteiger partial charge in [-0.2, -0.15) is 0 Å². The SMILES string of the molecule is C#CCOCCOCCO[C@]1(C(=O)O)C[C@H](O)[C@@H](NC(=O)CO)[C@H]([C@H](O)[C@H](O)CNC(=O)Cn2cc(-c3ccccc3)nn2)O1. The lowest BCUT2D eigenvalue weighted by Crippen LogP contribution is -2.68. The zero-order chi connectivity index (χ0) is 32.8. The van der Waals surface area contributed by atoms with E-state index in [9.17, 15) is 39.9 Å². The lowest BCUT2D eigenvalue weighted by atomic mass is 9.88. The number of aliphatic carboxylic acids is 1. The van der Waals surface area contributed by atoms with Gasteiger partial charge < -0.3 is 55.1 Å². The van der Waals surface area contributed by atoms with Crippen molar-refractivity contribution < 1.29 is 58.9 Å². The maximum Gasteiger partial charge on any atom is 0.364 e. The number of nitrogens with one attached hydrogen (secondary N) is 2. The van der Waals surface area contributed by atoms with Crippen molar-refractivity contribution in [2.45, 2.75) is 49.2 Å². The summed E-state index contributed by atoms with van der Waals surface area (Å²) in [5, 5.41) is 64.3. The van der Waals surface area contributed by atoms with Crippen molar-refractivity contribution in [3.63, 3.8) is 0 Å². The molecule has 0 saturated carbocycles. The van der Waals surface area contributed by atoms with Crippen molar-refractivity contribution in [1.82, 2.24) is 25.6 Å². The van der Waals surface area contributed by atoms with E-state index < -0.39 is 73.6 Å². The second-order valence-electron chi connectivity index (χ2n) is 9.91. The van der Waals surface area contributed by atoms with Crippen molar-refractivity contribution in [2.24, 2.45) is 0 Å². The fraction of sp³-hybridized carbons (Fsp3) is 0.536. The molecule has 1 aliphatic heterocycles. The molecule has 17 nitrogen and oxygen atoms in total. The quantitative estimate of drug-likeness (QED) is 0.0633. The van der Waals surface area contributed by atoms with Crippen molar-refractivity contribution in [3.8, 4) is 23.6 Å². The third-order valence-corrected chi connectivity index (χ3v) is 6.64. The molecule has 1 fully saturated rings. The highest BCUT2D eigenvalue weighted by atomic mass is 16.7. The molecule has 17 heteroatoms. The Hall–Kier alpha value is -3.99. The minimum absolute atomic E-state index is 0.0956. The number of carboxylic acids is 1. The molecule has 45 heavy (non-hydrogen) atoms. The predicted octanol–water partition coefficient (Wildman–Crippen LogP) is -3.13. The van der Waals surface area contributed by atoms with Crippen molar-refractivity contribution in [3.05, 3.63) is 36.5 Å². The van der Waals surface area contributed by atoms with Gasteiger partial charge in [0.25, 0.3) is 5.79 Å². The van der Waals surface area contributed by atoms with Gasteiger partial charge in [-0.15, -0.1) is 11.5 Å². The van der Waals surface area contributed by atoms with Crippen LogP contribution in [0.2, 0.25) is 0 Å². The van der Waals surface area contributed by atoms with Crippen LogP contribution in [0.15, 0.2) is 36.5 Å². The number of carbonyl (C=O) groups excluding carboxylic acids is 2. The van der Waals surface area contributed by atoms with Gasteiger partial charge in [-0.1, -0.05) is 41.5 Å². The van der Waals surface area contributed by atoms with E-state index in [0.717, 1.165) is 5.56 Å². The number of carboxylic acid groups (broad SMARTS) is 1. The van der Waals surface area contributed by atoms with Gasteiger partial charge in [0.05, 0.1) is 50.9 Å². The van der Waals surface area contributed by atoms with E-state index in [-0.39, 0.29) is 39.6 Å². The number of hydrogen-bond acceptors (Lipinski definition) is 13. The Morgan fingerprint density at radius 1 is 1.13 bits per heavy atom. The molecule has 6 atom stereocenters. The Balaban J connectivity index is 1.63. The summed E-state index contributed by atoms with van der Waals surface area (Å²) in [5.41, 5.74) is 1.33. The van der Waals surface area contributed by atoms with Crippen LogP contribution >= 0.6 is 0 Å². The summed E-state index contributed by atoms with van der Waals surface area (Å²) in [6.45, 7) is -1.80. The van der Waals surface area contributed by atoms with E-state index in [0.29, 0.717) is 5.69 Å². The summed E-state index contributed by atoms with van der Waals surface area (Å²) in [7, 11) is 0. The first-order chi connectivity index (χ1) is 21.6. The Labute approximate surface area is 258 Å². The van der Waals surface area contributed by atoms with Gasteiger partial charge in [0.1, 0.15) is 37.7 Å². The molecule has 0 unspecified atom stereocenters. The summed E-state index contributed by atoms with van der Waals surface area (Å²) in [5.74, 6) is -3.45. The summed E-state index contributed by atoms with van der Waals surface area (Å²) >= 11 is 0. The highest BCUT2D eigenvalue weighted by Gasteiger charge is 2.55. The molecule has 1 aromatic heterocycles. The third kappa shape index (κ3) is 10.3. The maximum absolute atomic E-state index is 12.5. The van der Waals surface area contributed by atoms with Gasteiger partial charge in [0.15, 0.2) is 0 Å². The average molecular weight is 636 g/mol. The van der Waals surface area contributed by atoms with Crippen LogP contribution in [0.3, 0.4) is 0 Å². The number of amides is 2. The molecular weight excluding hydrogens is 598 g/mol. The Morgan fingerprint density at radius 2 is 1.84 bits per heavy atom. The lowest BCUT2D eigenvalue weighted by molar-refractivity contribution is -0.312. The van der Waals surface area contributed by atoms with Crippen LogP contribution in [0.1, 0.15) is 6.42 Å². The van der Waals surface area contributed by atoms with Gasteiger partial charge in [-0.05, 0) is 0 Å². The number of nitrogens with zero attached hydrogens (tertiary/aromatic N) is 3. The molecule has 0 bridgehead atoms. The van der Waals surface area contributed by atoms with Gasteiger partial charge in [0.2, 0.25) is 11.8 Å². The standard InChI is InChI=1S/C28H37N5O12/c1-2-8-42-9-10-43-11-12-44-28(27(40)41)13-20(35)24(30-23(38)17-34)26(45-28)25(39)21(36)14-29-22(37)16-33-15-19(31-32-33)18-6-4-3-5-7-18/h1,3-7,15,20-21,24-26,34-36,39H,8-14,16-17H2,(H,29,37)(H,30,38)(H,40,41)/t20-,21+,24+,25+,26+,28+/m0/s1. The molecule has 2 aromatic rings. The van der Waals surface area contributed by atoms with E-state index in [2.05, 4.69) is 26.9 Å². The van der Waals surface area contributed by atoms with Gasteiger partial charge in [-0.3, -0.25) is 9.59 Å². The van der Waals surface area contributed by atoms with Crippen molar-refractivity contribution in [2.75, 3.05) is 46.2 Å². The summed E-state index contributed by atoms with van der Waals surface area (Å²) in [6, 6.07) is 7.66. The molecule has 0 radical (unpaired) electrons. The van der Waals surface area contributed by atoms with Crippen molar-refractivity contribution >= 4 is 17.8 Å². The summed E-state index contributed by atoms with van der Waals surface area (Å²) in [4.78, 5) is 36.8. The van der Waals surface area contributed by atoms with Crippen LogP contribution in [-0.4, -0.2) is 141 Å². The number of terminal acetylenes is 1. The van der Waals surface area contributed by atoms with Gasteiger partial charge in [-0.25, -0.2) is 9.48 Å². The number of ether oxygens (including phenoxy) is 4. The average Bonchev–Trinajstić information content (AvgIpc) is 3.50. The molecule has 7 N–H and O–H groups in total. The van der Waals surface area contributed by atoms with Crippen LogP contribution in [-0.2, 0) is 39.9 Å². The van der Waals surface area contributed by atoms with E-state index in [1.807, 2.05) is 30.3 Å². The predicted molar refractivity (Wildman–Crippen MR) is 152 cm³/mol. The smallest absolute Gasteiger partial charge is 0.364 e. The first-order valence-corrected chi connectivity index (χ1v) is 13.9. The van der Waals surface area contributed by atoms with E-state index in [1.54, 1.807) is 6.20 Å². The summed E-state index contributed by atoms with van der Waals surface area (Å²) < 4.78 is 22.7. The highest BCUT2D eigenvalue weighted by molar-refractivity contribution is 5.78. The minimum atomic E-state index is -2.51. The number of hydrogen-bond donors (Lipinski definition) is 7. The van der Waals surface area contributed by atoms with Gasteiger partial charge in [0, 0.05) is 18.5 Å². The number of aromatic nitrogens is 3. The second kappa shape index (κ2) is 17.5. The van der Waals surface area contributed by atoms with Crippen LogP contribution in [0.4, 0.5) is 0 Å². The summed E-state index contributed by atoms with van der Waals surface area (Å²) in [6.07, 6.45) is -1.24. The van der Waals surface area contributed by atoms with E-state index >= 15 is 0 Å². The molecule has 2 amide bonds. The minimum Gasteiger partial charge on any atom is -0.477 e. The molecule has 1 aliphatic rings. The Morgan fingerprint density at radius 3 is 2.53 bits per heavy atom. The number of benzene rings is 1. The van der Waals surface area contributed by atoms with E-state index in [1.165, 1.54) is 4.68 Å². The lowest BCUT2D eigenvalue weighted by Gasteiger charge is -2.46. The molecule has 1 saturated heterocycles. The third-order valence-electron chi connectivity index (χ3n) is 6.64. The van der Waals surface area contributed by atoms with E-state index in [4.69, 9.17) is 25.4 Å². The monoisotopic (exact) mass is 635 g/mol. The van der Waals surface area contributed by atoms with Crippen LogP contribution in [0.25, 0.3) is 11.3 Å². The number of aliphatic hydroxyl groups excluding tert-OH is 4.